The maximum atomic E-state index is 13.0. The summed E-state index contributed by atoms with van der Waals surface area (Å²) in [6.45, 7) is 8.16. The van der Waals surface area contributed by atoms with Crippen molar-refractivity contribution >= 4 is 17.7 Å². The Morgan fingerprint density at radius 2 is 0.667 bits per heavy atom. The maximum Gasteiger partial charge on any atom is 0.246 e. The van der Waals surface area contributed by atoms with Gasteiger partial charge in [0.2, 0.25) is 17.7 Å². The lowest BCUT2D eigenvalue weighted by atomic mass is 10.2. The normalized spacial score (nSPS) is 23.7. The van der Waals surface area contributed by atoms with Crippen LogP contribution in [0.5, 0.6) is 0 Å². The first-order valence-electron chi connectivity index (χ1n) is 19.6. The molecule has 0 N–H and O–H groups in total. The molecule has 4 aliphatic heterocycles. The highest BCUT2D eigenvalue weighted by atomic mass is 16.7. The zero-order valence-corrected chi connectivity index (χ0v) is 31.3. The van der Waals surface area contributed by atoms with E-state index in [0.717, 1.165) is 75.2 Å². The van der Waals surface area contributed by atoms with E-state index in [-0.39, 0.29) is 35.8 Å². The van der Waals surface area contributed by atoms with E-state index >= 15 is 0 Å². The summed E-state index contributed by atoms with van der Waals surface area (Å²) in [5, 5.41) is 4.86. The van der Waals surface area contributed by atoms with Crippen LogP contribution < -0.4 is 0 Å². The molecule has 0 aliphatic carbocycles. The van der Waals surface area contributed by atoms with Crippen LogP contribution in [0.1, 0.15) is 55.2 Å². The van der Waals surface area contributed by atoms with Gasteiger partial charge in [-0.25, -0.2) is 15.2 Å². The summed E-state index contributed by atoms with van der Waals surface area (Å²) < 4.78 is 0. The molecular weight excluding hydrogens is 684 g/mol. The van der Waals surface area contributed by atoms with Gasteiger partial charge in [0, 0.05) is 78.2 Å². The van der Waals surface area contributed by atoms with Crippen LogP contribution in [0, 0.1) is 0 Å². The van der Waals surface area contributed by atoms with Crippen molar-refractivity contribution in [2.24, 2.45) is 0 Å². The molecule has 4 saturated heterocycles. The van der Waals surface area contributed by atoms with E-state index in [4.69, 9.17) is 14.5 Å². The van der Waals surface area contributed by atoms with Gasteiger partial charge in [-0.2, -0.15) is 0 Å². The van der Waals surface area contributed by atoms with Crippen molar-refractivity contribution in [1.29, 1.82) is 0 Å². The molecule has 3 aromatic carbocycles. The Bertz CT molecular complexity index is 1440. The van der Waals surface area contributed by atoms with Gasteiger partial charge in [0.15, 0.2) is 0 Å². The van der Waals surface area contributed by atoms with Crippen LogP contribution in [-0.4, -0.2) is 125 Å². The van der Waals surface area contributed by atoms with Gasteiger partial charge >= 0.3 is 0 Å². The Kier molecular flexibility index (Phi) is 13.4. The van der Waals surface area contributed by atoms with Crippen LogP contribution in [0.2, 0.25) is 0 Å². The zero-order chi connectivity index (χ0) is 37.1. The number of benzene rings is 3. The molecular formula is C42H54N6O6. The smallest absolute Gasteiger partial charge is 0.246 e. The van der Waals surface area contributed by atoms with Gasteiger partial charge in [0.1, 0.15) is 19.8 Å². The lowest BCUT2D eigenvalue weighted by molar-refractivity contribution is -0.197. The van der Waals surface area contributed by atoms with Gasteiger partial charge in [-0.15, -0.1) is 0 Å². The van der Waals surface area contributed by atoms with Crippen molar-refractivity contribution in [3.05, 3.63) is 108 Å². The fourth-order valence-electron chi connectivity index (χ4n) is 7.97. The van der Waals surface area contributed by atoms with Crippen molar-refractivity contribution in [3.8, 4) is 0 Å². The summed E-state index contributed by atoms with van der Waals surface area (Å²) in [4.78, 5) is 64.8. The first kappa shape index (κ1) is 38.1. The second-order valence-corrected chi connectivity index (χ2v) is 14.9. The van der Waals surface area contributed by atoms with Crippen molar-refractivity contribution in [2.45, 2.75) is 76.5 Å². The molecule has 0 aromatic heterocycles. The standard InChI is InChI=1S/C42H54N6O6/c49-40-19-16-37(46(40)52-31-34-10-4-1-5-11-34)28-43-22-24-44(29-38-17-20-41(50)47(38)53-32-35-12-6-2-7-13-35)26-27-45(25-23-43)30-39-18-21-42(51)48(39)54-33-36-14-8-3-9-15-36/h1-15,37-39H,16-33H2. The molecule has 3 atom stereocenters. The molecule has 4 aliphatic rings. The Hall–Kier alpha value is -4.17. The van der Waals surface area contributed by atoms with Gasteiger partial charge in [-0.1, -0.05) is 91.0 Å². The summed E-state index contributed by atoms with van der Waals surface area (Å²) in [7, 11) is 0. The lowest BCUT2D eigenvalue weighted by Gasteiger charge is -2.32. The topological polar surface area (TPSA) is 98.3 Å². The first-order valence-corrected chi connectivity index (χ1v) is 19.6. The van der Waals surface area contributed by atoms with Crippen molar-refractivity contribution < 1.29 is 28.9 Å². The van der Waals surface area contributed by atoms with Crippen molar-refractivity contribution in [3.63, 3.8) is 0 Å². The van der Waals surface area contributed by atoms with Crippen LogP contribution in [0.4, 0.5) is 0 Å². The molecule has 0 bridgehead atoms. The number of hydroxylamine groups is 6. The van der Waals surface area contributed by atoms with Gasteiger partial charge in [0.05, 0.1) is 18.1 Å². The van der Waals surface area contributed by atoms with E-state index in [0.29, 0.717) is 58.7 Å². The van der Waals surface area contributed by atoms with Gasteiger partial charge in [0.25, 0.3) is 0 Å². The minimum absolute atomic E-state index is 0.0337. The minimum Gasteiger partial charge on any atom is -0.299 e. The SMILES string of the molecule is O=C1CCC(CN2CCN(CC3CCC(=O)N3OCc3ccccc3)CCN(CC3CCC(=O)N3OCc3ccccc3)CC2)N1OCc1ccccc1. The molecule has 3 amide bonds. The zero-order valence-electron chi connectivity index (χ0n) is 31.3. The average Bonchev–Trinajstić information content (AvgIpc) is 3.88. The molecule has 3 unspecified atom stereocenters. The van der Waals surface area contributed by atoms with E-state index < -0.39 is 0 Å². The van der Waals surface area contributed by atoms with Crippen LogP contribution >= 0.6 is 0 Å². The predicted octanol–water partition coefficient (Wildman–Crippen LogP) is 4.27. The number of rotatable bonds is 15. The van der Waals surface area contributed by atoms with Gasteiger partial charge < -0.3 is 0 Å². The minimum atomic E-state index is -0.0347. The quantitative estimate of drug-likeness (QED) is 0.227. The van der Waals surface area contributed by atoms with E-state index in [9.17, 15) is 14.4 Å². The van der Waals surface area contributed by atoms with Gasteiger partial charge in [-0.3, -0.25) is 43.6 Å². The molecule has 0 spiro atoms. The van der Waals surface area contributed by atoms with E-state index in [1.54, 1.807) is 15.2 Å². The second-order valence-electron chi connectivity index (χ2n) is 14.9. The summed E-state index contributed by atoms with van der Waals surface area (Å²) in [6.07, 6.45) is 3.71. The van der Waals surface area contributed by atoms with E-state index in [1.165, 1.54) is 0 Å². The highest BCUT2D eigenvalue weighted by Gasteiger charge is 2.37. The predicted molar refractivity (Wildman–Crippen MR) is 203 cm³/mol. The first-order chi connectivity index (χ1) is 26.5. The van der Waals surface area contributed by atoms with Crippen molar-refractivity contribution in [2.75, 3.05) is 58.9 Å². The van der Waals surface area contributed by atoms with E-state index in [2.05, 4.69) is 14.7 Å². The molecule has 0 saturated carbocycles. The molecule has 4 heterocycles. The van der Waals surface area contributed by atoms with E-state index in [1.807, 2.05) is 91.0 Å². The highest BCUT2D eigenvalue weighted by molar-refractivity contribution is 5.78. The Balaban J connectivity index is 1.02. The Morgan fingerprint density at radius 3 is 0.926 bits per heavy atom. The summed E-state index contributed by atoms with van der Waals surface area (Å²) in [5.74, 6) is 0.101. The number of amides is 3. The third-order valence-electron chi connectivity index (χ3n) is 11.1. The fourth-order valence-corrected chi connectivity index (χ4v) is 7.97. The fraction of sp³-hybridized carbons (Fsp3) is 0.500. The number of carbonyl (C=O) groups is 3. The molecule has 12 nitrogen and oxygen atoms in total. The summed E-state index contributed by atoms with van der Waals surface area (Å²) in [6, 6.07) is 29.8. The van der Waals surface area contributed by atoms with Crippen molar-refractivity contribution in [1.82, 2.24) is 29.9 Å². The molecule has 54 heavy (non-hydrogen) atoms. The number of carbonyl (C=O) groups excluding carboxylic acids is 3. The molecule has 12 heteroatoms. The molecule has 7 rings (SSSR count). The summed E-state index contributed by atoms with van der Waals surface area (Å²) >= 11 is 0. The van der Waals surface area contributed by atoms with Crippen LogP contribution in [-0.2, 0) is 48.7 Å². The number of nitrogens with zero attached hydrogens (tertiary/aromatic N) is 6. The lowest BCUT2D eigenvalue weighted by Crippen LogP contribution is -2.47. The largest absolute Gasteiger partial charge is 0.299 e. The summed E-state index contributed by atoms with van der Waals surface area (Å²) in [5.41, 5.74) is 3.10. The highest BCUT2D eigenvalue weighted by Crippen LogP contribution is 2.25. The number of hydrogen-bond donors (Lipinski definition) is 0. The van der Waals surface area contributed by atoms with Crippen LogP contribution in [0.15, 0.2) is 91.0 Å². The average molecular weight is 739 g/mol. The third-order valence-corrected chi connectivity index (χ3v) is 11.1. The second kappa shape index (κ2) is 18.9. The van der Waals surface area contributed by atoms with Gasteiger partial charge in [-0.05, 0) is 36.0 Å². The molecule has 4 fully saturated rings. The van der Waals surface area contributed by atoms with Crippen LogP contribution in [0.3, 0.4) is 0 Å². The molecule has 288 valence electrons. The molecule has 3 aromatic rings. The monoisotopic (exact) mass is 738 g/mol. The Labute approximate surface area is 319 Å². The molecule has 0 radical (unpaired) electrons. The number of hydrogen-bond acceptors (Lipinski definition) is 9. The maximum absolute atomic E-state index is 13.0. The third kappa shape index (κ3) is 10.3. The van der Waals surface area contributed by atoms with Crippen LogP contribution in [0.25, 0.3) is 0 Å². The Morgan fingerprint density at radius 1 is 0.407 bits per heavy atom.